The van der Waals surface area contributed by atoms with E-state index in [1.165, 1.54) is 0 Å². The number of carbonyl (C=O) groups is 1. The Hall–Kier alpha value is -1.59. The van der Waals surface area contributed by atoms with E-state index in [2.05, 4.69) is 5.48 Å². The number of hydrogen-bond donors (Lipinski definition) is 2. The van der Waals surface area contributed by atoms with E-state index >= 15 is 0 Å². The van der Waals surface area contributed by atoms with Crippen molar-refractivity contribution in [3.63, 3.8) is 0 Å². The van der Waals surface area contributed by atoms with E-state index < -0.39 is 17.8 Å². The summed E-state index contributed by atoms with van der Waals surface area (Å²) < 4.78 is 5.09. The normalized spacial score (nSPS) is 12.8. The van der Waals surface area contributed by atoms with Gasteiger partial charge in [-0.05, 0) is 38.8 Å². The van der Waals surface area contributed by atoms with Gasteiger partial charge in [-0.3, -0.25) is 4.84 Å². The summed E-state index contributed by atoms with van der Waals surface area (Å²) in [5, 5.41) is 9.12. The maximum absolute atomic E-state index is 11.6. The van der Waals surface area contributed by atoms with E-state index in [0.717, 1.165) is 11.1 Å². The second-order valence-corrected chi connectivity index (χ2v) is 5.58. The molecule has 0 aromatic heterocycles. The Labute approximate surface area is 119 Å². The van der Waals surface area contributed by atoms with Crippen molar-refractivity contribution in [3.8, 4) is 0 Å². The van der Waals surface area contributed by atoms with E-state index in [1.54, 1.807) is 20.8 Å². The van der Waals surface area contributed by atoms with Crippen molar-refractivity contribution in [1.82, 2.24) is 5.48 Å². The van der Waals surface area contributed by atoms with Crippen LogP contribution in [0.15, 0.2) is 24.3 Å². The van der Waals surface area contributed by atoms with Crippen LogP contribution in [-0.4, -0.2) is 23.4 Å². The molecule has 20 heavy (non-hydrogen) atoms. The molecule has 1 aromatic carbocycles. The Balaban J connectivity index is 2.65. The Kier molecular flexibility index (Phi) is 5.98. The Bertz CT molecular complexity index is 440. The van der Waals surface area contributed by atoms with Crippen LogP contribution in [0.1, 0.15) is 44.4 Å². The molecule has 0 heterocycles. The number of hydrogen-bond acceptors (Lipinski definition) is 4. The third kappa shape index (κ3) is 5.59. The molecule has 1 aromatic rings. The highest BCUT2D eigenvalue weighted by Crippen LogP contribution is 2.23. The molecule has 0 fully saturated rings. The summed E-state index contributed by atoms with van der Waals surface area (Å²) in [6, 6.07) is 7.68. The highest BCUT2D eigenvalue weighted by atomic mass is 16.7. The smallest absolute Gasteiger partial charge is 0.431 e. The zero-order chi connectivity index (χ0) is 15.2. The lowest BCUT2D eigenvalue weighted by Crippen LogP contribution is -2.33. The van der Waals surface area contributed by atoms with Crippen LogP contribution in [-0.2, 0) is 9.57 Å². The zero-order valence-electron chi connectivity index (χ0n) is 12.5. The number of rotatable bonds is 5. The molecule has 5 heteroatoms. The number of ether oxygens (including phenoxy) is 1. The molecule has 0 radical (unpaired) electrons. The van der Waals surface area contributed by atoms with Gasteiger partial charge in [-0.1, -0.05) is 24.3 Å². The number of nitrogens with one attached hydrogen (secondary N) is 1. The fourth-order valence-electron chi connectivity index (χ4n) is 1.76. The summed E-state index contributed by atoms with van der Waals surface area (Å²) in [4.78, 5) is 16.9. The average molecular weight is 281 g/mol. The first-order chi connectivity index (χ1) is 9.33. The lowest BCUT2D eigenvalue weighted by Gasteiger charge is -2.22. The molecule has 0 saturated heterocycles. The third-order valence-corrected chi connectivity index (χ3v) is 2.61. The van der Waals surface area contributed by atoms with Crippen molar-refractivity contribution in [1.29, 1.82) is 0 Å². The van der Waals surface area contributed by atoms with Gasteiger partial charge in [0.15, 0.2) is 0 Å². The first-order valence-electron chi connectivity index (χ1n) is 6.64. The van der Waals surface area contributed by atoms with Crippen molar-refractivity contribution in [2.75, 3.05) is 6.61 Å². The topological polar surface area (TPSA) is 67.8 Å². The molecular weight excluding hydrogens is 258 g/mol. The molecule has 5 nitrogen and oxygen atoms in total. The summed E-state index contributed by atoms with van der Waals surface area (Å²) in [5.74, 6) is 0. The SMILES string of the molecule is Cc1ccccc1C(CCO)ONC(=O)OC(C)(C)C. The van der Waals surface area contributed by atoms with Crippen LogP contribution < -0.4 is 5.48 Å². The van der Waals surface area contributed by atoms with E-state index in [-0.39, 0.29) is 6.61 Å². The van der Waals surface area contributed by atoms with Crippen LogP contribution in [0.5, 0.6) is 0 Å². The number of carbonyl (C=O) groups excluding carboxylic acids is 1. The highest BCUT2D eigenvalue weighted by Gasteiger charge is 2.19. The summed E-state index contributed by atoms with van der Waals surface area (Å²) >= 11 is 0. The van der Waals surface area contributed by atoms with Gasteiger partial charge in [0.1, 0.15) is 11.7 Å². The van der Waals surface area contributed by atoms with Gasteiger partial charge in [0.05, 0.1) is 0 Å². The molecular formula is C15H23NO4. The van der Waals surface area contributed by atoms with Crippen molar-refractivity contribution in [3.05, 3.63) is 35.4 Å². The van der Waals surface area contributed by atoms with Gasteiger partial charge in [-0.15, -0.1) is 0 Å². The second-order valence-electron chi connectivity index (χ2n) is 5.58. The van der Waals surface area contributed by atoms with E-state index in [0.29, 0.717) is 6.42 Å². The predicted molar refractivity (Wildman–Crippen MR) is 76.1 cm³/mol. The molecule has 1 amide bonds. The first-order valence-corrected chi connectivity index (χ1v) is 6.64. The fourth-order valence-corrected chi connectivity index (χ4v) is 1.76. The highest BCUT2D eigenvalue weighted by molar-refractivity contribution is 5.66. The van der Waals surface area contributed by atoms with Gasteiger partial charge >= 0.3 is 6.09 Å². The first kappa shape index (κ1) is 16.5. The summed E-state index contributed by atoms with van der Waals surface area (Å²) in [6.45, 7) is 7.25. The Morgan fingerprint density at radius 3 is 2.55 bits per heavy atom. The van der Waals surface area contributed by atoms with E-state index in [1.807, 2.05) is 31.2 Å². The van der Waals surface area contributed by atoms with Gasteiger partial charge in [-0.2, -0.15) is 5.48 Å². The van der Waals surface area contributed by atoms with Crippen molar-refractivity contribution in [2.24, 2.45) is 0 Å². The van der Waals surface area contributed by atoms with Gasteiger partial charge < -0.3 is 9.84 Å². The monoisotopic (exact) mass is 281 g/mol. The summed E-state index contributed by atoms with van der Waals surface area (Å²) in [5.41, 5.74) is 3.66. The van der Waals surface area contributed by atoms with Crippen LogP contribution in [0.4, 0.5) is 4.79 Å². The summed E-state index contributed by atoms with van der Waals surface area (Å²) in [6.07, 6.45) is -0.663. The number of aliphatic hydroxyl groups is 1. The molecule has 0 spiro atoms. The van der Waals surface area contributed by atoms with Crippen LogP contribution in [0.25, 0.3) is 0 Å². The Morgan fingerprint density at radius 1 is 1.35 bits per heavy atom. The van der Waals surface area contributed by atoms with Crippen LogP contribution in [0.3, 0.4) is 0 Å². The standard InChI is InChI=1S/C15H23NO4/c1-11-7-5-6-8-12(11)13(9-10-17)20-16-14(18)19-15(2,3)4/h5-8,13,17H,9-10H2,1-4H3,(H,16,18). The zero-order valence-corrected chi connectivity index (χ0v) is 12.5. The van der Waals surface area contributed by atoms with Crippen molar-refractivity contribution in [2.45, 2.75) is 45.8 Å². The van der Waals surface area contributed by atoms with Crippen LogP contribution in [0.2, 0.25) is 0 Å². The minimum Gasteiger partial charge on any atom is -0.442 e. The maximum atomic E-state index is 11.6. The lowest BCUT2D eigenvalue weighted by molar-refractivity contribution is -0.0507. The number of aliphatic hydroxyl groups excluding tert-OH is 1. The number of hydroxylamine groups is 1. The van der Waals surface area contributed by atoms with Gasteiger partial charge in [0.2, 0.25) is 0 Å². The number of aryl methyl sites for hydroxylation is 1. The fraction of sp³-hybridized carbons (Fsp3) is 0.533. The minimum atomic E-state index is -0.644. The van der Waals surface area contributed by atoms with Gasteiger partial charge in [0, 0.05) is 13.0 Å². The molecule has 0 saturated carbocycles. The molecule has 1 rings (SSSR count). The predicted octanol–water partition coefficient (Wildman–Crippen LogP) is 2.87. The molecule has 0 aliphatic rings. The Morgan fingerprint density at radius 2 is 2.00 bits per heavy atom. The molecule has 0 aliphatic carbocycles. The second kappa shape index (κ2) is 7.26. The number of benzene rings is 1. The quantitative estimate of drug-likeness (QED) is 0.814. The molecule has 1 unspecified atom stereocenters. The van der Waals surface area contributed by atoms with Crippen LogP contribution in [0, 0.1) is 6.92 Å². The maximum Gasteiger partial charge on any atom is 0.431 e. The van der Waals surface area contributed by atoms with E-state index in [4.69, 9.17) is 14.7 Å². The largest absolute Gasteiger partial charge is 0.442 e. The minimum absolute atomic E-state index is 0.0327. The molecule has 2 N–H and O–H groups in total. The van der Waals surface area contributed by atoms with Crippen LogP contribution >= 0.6 is 0 Å². The molecule has 112 valence electrons. The molecule has 0 aliphatic heterocycles. The summed E-state index contributed by atoms with van der Waals surface area (Å²) in [7, 11) is 0. The average Bonchev–Trinajstić information content (AvgIpc) is 2.33. The molecule has 1 atom stereocenters. The van der Waals surface area contributed by atoms with E-state index in [9.17, 15) is 4.79 Å². The lowest BCUT2D eigenvalue weighted by atomic mass is 10.0. The van der Waals surface area contributed by atoms with Gasteiger partial charge in [0.25, 0.3) is 0 Å². The van der Waals surface area contributed by atoms with Crippen molar-refractivity contribution >= 4 is 6.09 Å². The number of amides is 1. The van der Waals surface area contributed by atoms with Crippen molar-refractivity contribution < 1.29 is 19.5 Å². The molecule has 0 bridgehead atoms. The van der Waals surface area contributed by atoms with Gasteiger partial charge in [-0.25, -0.2) is 4.79 Å². The third-order valence-electron chi connectivity index (χ3n) is 2.61.